The van der Waals surface area contributed by atoms with Gasteiger partial charge in [0.2, 0.25) is 5.91 Å². The van der Waals surface area contributed by atoms with Crippen molar-refractivity contribution in [3.05, 3.63) is 35.4 Å². The number of carbonyl (C=O) groups is 1. The van der Waals surface area contributed by atoms with Crippen LogP contribution in [0.5, 0.6) is 0 Å². The lowest BCUT2D eigenvalue weighted by Crippen LogP contribution is -2.31. The van der Waals surface area contributed by atoms with E-state index in [1.165, 1.54) is 24.0 Å². The Labute approximate surface area is 115 Å². The van der Waals surface area contributed by atoms with Crippen LogP contribution in [0, 0.1) is 5.41 Å². The molecule has 1 heterocycles. The molecule has 1 aromatic carbocycles. The van der Waals surface area contributed by atoms with E-state index in [1.807, 2.05) is 0 Å². The summed E-state index contributed by atoms with van der Waals surface area (Å²) in [5, 5.41) is 3.10. The van der Waals surface area contributed by atoms with E-state index < -0.39 is 0 Å². The number of amides is 1. The average Bonchev–Trinajstić information content (AvgIpc) is 3.01. The molecule has 0 radical (unpaired) electrons. The van der Waals surface area contributed by atoms with Gasteiger partial charge >= 0.3 is 0 Å². The van der Waals surface area contributed by atoms with Gasteiger partial charge in [0.15, 0.2) is 0 Å². The molecule has 1 spiro atoms. The summed E-state index contributed by atoms with van der Waals surface area (Å²) >= 11 is 0. The van der Waals surface area contributed by atoms with Gasteiger partial charge in [0.1, 0.15) is 0 Å². The van der Waals surface area contributed by atoms with Gasteiger partial charge < -0.3 is 5.32 Å². The highest BCUT2D eigenvalue weighted by molar-refractivity contribution is 5.86. The zero-order valence-electron chi connectivity index (χ0n) is 11.9. The third-order valence-electron chi connectivity index (χ3n) is 5.09. The van der Waals surface area contributed by atoms with Crippen LogP contribution in [0.1, 0.15) is 62.5 Å². The first kappa shape index (κ1) is 12.7. The fraction of sp³-hybridized carbons (Fsp3) is 0.588. The third-order valence-corrected chi connectivity index (χ3v) is 5.09. The molecule has 1 unspecified atom stereocenters. The standard InChI is InChI=1S/C17H23NO/c1-12(2)13-5-7-14(8-6-13)15-11-18-16(19)17(15)9-3-4-10-17/h5-8,12,15H,3-4,9-11H2,1-2H3,(H,18,19). The maximum Gasteiger partial charge on any atom is 0.226 e. The van der Waals surface area contributed by atoms with Crippen LogP contribution in [0.3, 0.4) is 0 Å². The lowest BCUT2D eigenvalue weighted by atomic mass is 9.72. The predicted molar refractivity (Wildman–Crippen MR) is 77.2 cm³/mol. The molecular weight excluding hydrogens is 234 g/mol. The largest absolute Gasteiger partial charge is 0.355 e. The molecule has 2 fully saturated rings. The van der Waals surface area contributed by atoms with Gasteiger partial charge in [0.25, 0.3) is 0 Å². The quantitative estimate of drug-likeness (QED) is 0.862. The van der Waals surface area contributed by atoms with Crippen molar-refractivity contribution in [2.45, 2.75) is 51.4 Å². The van der Waals surface area contributed by atoms with E-state index >= 15 is 0 Å². The molecule has 2 nitrogen and oxygen atoms in total. The lowest BCUT2D eigenvalue weighted by Gasteiger charge is -2.28. The van der Waals surface area contributed by atoms with E-state index in [2.05, 4.69) is 43.4 Å². The smallest absolute Gasteiger partial charge is 0.226 e. The van der Waals surface area contributed by atoms with Gasteiger partial charge in [0, 0.05) is 12.5 Å². The van der Waals surface area contributed by atoms with E-state index in [0.29, 0.717) is 17.7 Å². The molecule has 2 heteroatoms. The van der Waals surface area contributed by atoms with E-state index in [1.54, 1.807) is 0 Å². The van der Waals surface area contributed by atoms with Crippen LogP contribution in [0.2, 0.25) is 0 Å². The highest BCUT2D eigenvalue weighted by Gasteiger charge is 2.51. The van der Waals surface area contributed by atoms with Gasteiger partial charge in [-0.25, -0.2) is 0 Å². The fourth-order valence-electron chi connectivity index (χ4n) is 3.86. The number of benzene rings is 1. The fourth-order valence-corrected chi connectivity index (χ4v) is 3.86. The van der Waals surface area contributed by atoms with E-state index in [9.17, 15) is 4.79 Å². The van der Waals surface area contributed by atoms with Gasteiger partial charge in [-0.15, -0.1) is 0 Å². The summed E-state index contributed by atoms with van der Waals surface area (Å²) in [5.74, 6) is 1.24. The van der Waals surface area contributed by atoms with Gasteiger partial charge in [-0.1, -0.05) is 51.0 Å². The second-order valence-electron chi connectivity index (χ2n) is 6.45. The second kappa shape index (κ2) is 4.66. The van der Waals surface area contributed by atoms with Crippen LogP contribution >= 0.6 is 0 Å². The molecule has 102 valence electrons. The summed E-state index contributed by atoms with van der Waals surface area (Å²) < 4.78 is 0. The SMILES string of the molecule is CC(C)c1ccc(C2CNC(=O)C23CCCC3)cc1. The van der Waals surface area contributed by atoms with Crippen molar-refractivity contribution in [1.29, 1.82) is 0 Å². The van der Waals surface area contributed by atoms with Crippen LogP contribution in [-0.2, 0) is 4.79 Å². The van der Waals surface area contributed by atoms with Crippen molar-refractivity contribution >= 4 is 5.91 Å². The Morgan fingerprint density at radius 1 is 1.16 bits per heavy atom. The zero-order valence-corrected chi connectivity index (χ0v) is 11.9. The molecule has 1 atom stereocenters. The number of hydrogen-bond acceptors (Lipinski definition) is 1. The summed E-state index contributed by atoms with van der Waals surface area (Å²) in [6.07, 6.45) is 4.53. The van der Waals surface area contributed by atoms with Gasteiger partial charge in [-0.2, -0.15) is 0 Å². The summed E-state index contributed by atoms with van der Waals surface area (Å²) in [6.45, 7) is 5.25. The molecule has 1 saturated carbocycles. The maximum absolute atomic E-state index is 12.2. The molecule has 1 amide bonds. The minimum Gasteiger partial charge on any atom is -0.355 e. The minimum atomic E-state index is -0.0979. The normalized spacial score (nSPS) is 25.2. The first-order chi connectivity index (χ1) is 9.13. The van der Waals surface area contributed by atoms with Crippen LogP contribution in [-0.4, -0.2) is 12.5 Å². The van der Waals surface area contributed by atoms with Crippen LogP contribution < -0.4 is 5.32 Å². The van der Waals surface area contributed by atoms with Crippen molar-refractivity contribution < 1.29 is 4.79 Å². The molecule has 0 bridgehead atoms. The highest BCUT2D eigenvalue weighted by atomic mass is 16.2. The minimum absolute atomic E-state index is 0.0979. The number of carbonyl (C=O) groups excluding carboxylic acids is 1. The number of hydrogen-bond donors (Lipinski definition) is 1. The summed E-state index contributed by atoms with van der Waals surface area (Å²) in [5.41, 5.74) is 2.62. The predicted octanol–water partition coefficient (Wildman–Crippen LogP) is 3.58. The Hall–Kier alpha value is -1.31. The van der Waals surface area contributed by atoms with Gasteiger partial charge in [0.05, 0.1) is 5.41 Å². The Morgan fingerprint density at radius 2 is 1.79 bits per heavy atom. The molecule has 2 aliphatic rings. The van der Waals surface area contributed by atoms with E-state index in [4.69, 9.17) is 0 Å². The van der Waals surface area contributed by atoms with Crippen molar-refractivity contribution in [1.82, 2.24) is 5.32 Å². The Kier molecular flexibility index (Phi) is 3.12. The Bertz CT molecular complexity index is 469. The topological polar surface area (TPSA) is 29.1 Å². The number of rotatable bonds is 2. The molecule has 1 N–H and O–H groups in total. The van der Waals surface area contributed by atoms with E-state index in [-0.39, 0.29) is 5.41 Å². The summed E-state index contributed by atoms with van der Waals surface area (Å²) in [4.78, 5) is 12.2. The molecule has 1 aromatic rings. The molecule has 3 rings (SSSR count). The third kappa shape index (κ3) is 1.98. The first-order valence-corrected chi connectivity index (χ1v) is 7.52. The van der Waals surface area contributed by atoms with Crippen LogP contribution in [0.15, 0.2) is 24.3 Å². The second-order valence-corrected chi connectivity index (χ2v) is 6.45. The summed E-state index contributed by atoms with van der Waals surface area (Å²) in [7, 11) is 0. The van der Waals surface area contributed by atoms with Crippen LogP contribution in [0.25, 0.3) is 0 Å². The van der Waals surface area contributed by atoms with Crippen molar-refractivity contribution in [3.63, 3.8) is 0 Å². The van der Waals surface area contributed by atoms with Crippen molar-refractivity contribution in [3.8, 4) is 0 Å². The Balaban J connectivity index is 1.91. The molecule has 1 aliphatic carbocycles. The molecule has 1 saturated heterocycles. The van der Waals surface area contributed by atoms with Crippen molar-refractivity contribution in [2.75, 3.05) is 6.54 Å². The maximum atomic E-state index is 12.2. The lowest BCUT2D eigenvalue weighted by molar-refractivity contribution is -0.127. The highest BCUT2D eigenvalue weighted by Crippen LogP contribution is 2.51. The monoisotopic (exact) mass is 257 g/mol. The summed E-state index contributed by atoms with van der Waals surface area (Å²) in [6, 6.07) is 8.93. The molecule has 1 aliphatic heterocycles. The van der Waals surface area contributed by atoms with Crippen molar-refractivity contribution in [2.24, 2.45) is 5.41 Å². The molecule has 19 heavy (non-hydrogen) atoms. The average molecular weight is 257 g/mol. The molecular formula is C17H23NO. The van der Waals surface area contributed by atoms with Crippen LogP contribution in [0.4, 0.5) is 0 Å². The number of nitrogens with one attached hydrogen (secondary N) is 1. The van der Waals surface area contributed by atoms with Gasteiger partial charge in [-0.05, 0) is 29.9 Å². The zero-order chi connectivity index (χ0) is 13.5. The molecule has 0 aromatic heterocycles. The van der Waals surface area contributed by atoms with E-state index in [0.717, 1.165) is 19.4 Å². The Morgan fingerprint density at radius 3 is 2.37 bits per heavy atom. The first-order valence-electron chi connectivity index (χ1n) is 7.52. The van der Waals surface area contributed by atoms with Gasteiger partial charge in [-0.3, -0.25) is 4.79 Å².